The third kappa shape index (κ3) is 4.64. The predicted octanol–water partition coefficient (Wildman–Crippen LogP) is 11.5. The lowest BCUT2D eigenvalue weighted by Gasteiger charge is -2.29. The second kappa shape index (κ2) is 11.6. The number of halogens is 2. The molecule has 8 rings (SSSR count). The molecule has 0 heterocycles. The predicted molar refractivity (Wildman–Crippen MR) is 189 cm³/mol. The van der Waals surface area contributed by atoms with Gasteiger partial charge in [0, 0.05) is 33.5 Å². The highest BCUT2D eigenvalue weighted by Crippen LogP contribution is 2.47. The van der Waals surface area contributed by atoms with E-state index in [4.69, 9.17) is 0 Å². The number of nitriles is 2. The molecule has 8 aromatic rings. The summed E-state index contributed by atoms with van der Waals surface area (Å²) in [6.45, 7) is 0. The second-order valence-electron chi connectivity index (χ2n) is 11.5. The minimum Gasteiger partial charge on any atom is -0.310 e. The van der Waals surface area contributed by atoms with Crippen LogP contribution in [0.4, 0.5) is 42.9 Å². The van der Waals surface area contributed by atoms with Crippen LogP contribution in [0.3, 0.4) is 0 Å². The molecule has 4 nitrogen and oxygen atoms in total. The summed E-state index contributed by atoms with van der Waals surface area (Å²) in [6.07, 6.45) is 0. The van der Waals surface area contributed by atoms with Crippen LogP contribution in [0.1, 0.15) is 11.1 Å². The van der Waals surface area contributed by atoms with Gasteiger partial charge in [-0.25, -0.2) is 8.78 Å². The van der Waals surface area contributed by atoms with Crippen LogP contribution in [-0.4, -0.2) is 0 Å². The molecular weight excluding hydrogens is 598 g/mol. The first-order valence-corrected chi connectivity index (χ1v) is 15.4. The highest BCUT2D eigenvalue weighted by molar-refractivity contribution is 6.28. The van der Waals surface area contributed by atoms with E-state index in [1.807, 2.05) is 82.6 Å². The van der Waals surface area contributed by atoms with Crippen molar-refractivity contribution in [2.75, 3.05) is 9.80 Å². The summed E-state index contributed by atoms with van der Waals surface area (Å²) < 4.78 is 29.0. The normalized spacial score (nSPS) is 11.1. The lowest BCUT2D eigenvalue weighted by molar-refractivity contribution is 0.623. The first-order chi connectivity index (χ1) is 23.6. The molecule has 0 saturated carbocycles. The summed E-state index contributed by atoms with van der Waals surface area (Å²) in [5, 5.41) is 25.5. The maximum absolute atomic E-state index is 14.5. The standard InChI is InChI=1S/C42H24F2N4/c43-37-19-15-33(23-29(37)25-45)47(31-7-3-1-4-8-31)39-21-13-27-12-18-36-40(22-14-28-11-17-35(39)41(27)42(28)36)48(32-9-5-2-6-10-32)34-16-20-38(44)30(24-34)26-46/h1-24H. The average molecular weight is 623 g/mol. The van der Waals surface area contributed by atoms with Gasteiger partial charge < -0.3 is 9.80 Å². The lowest BCUT2D eigenvalue weighted by atomic mass is 9.91. The Balaban J connectivity index is 1.41. The van der Waals surface area contributed by atoms with Crippen molar-refractivity contribution in [3.05, 3.63) is 168 Å². The van der Waals surface area contributed by atoms with Crippen LogP contribution in [-0.2, 0) is 0 Å². The van der Waals surface area contributed by atoms with Crippen molar-refractivity contribution >= 4 is 66.4 Å². The molecule has 0 spiro atoms. The number of para-hydroxylation sites is 2. The second-order valence-corrected chi connectivity index (χ2v) is 11.5. The Hall–Kier alpha value is -6.76. The van der Waals surface area contributed by atoms with E-state index in [0.29, 0.717) is 11.4 Å². The Labute approximate surface area is 275 Å². The molecule has 226 valence electrons. The Kier molecular flexibility index (Phi) is 6.91. The number of rotatable bonds is 6. The van der Waals surface area contributed by atoms with E-state index in [2.05, 4.69) is 48.5 Å². The first kappa shape index (κ1) is 28.7. The van der Waals surface area contributed by atoms with Crippen LogP contribution in [0.2, 0.25) is 0 Å². The van der Waals surface area contributed by atoms with Crippen molar-refractivity contribution in [1.29, 1.82) is 10.5 Å². The zero-order valence-electron chi connectivity index (χ0n) is 25.4. The Morgan fingerprint density at radius 2 is 0.812 bits per heavy atom. The minimum atomic E-state index is -0.566. The molecule has 0 fully saturated rings. The Bertz CT molecular complexity index is 2390. The molecule has 0 aromatic heterocycles. The molecular formula is C42H24F2N4. The summed E-state index contributed by atoms with van der Waals surface area (Å²) in [4.78, 5) is 4.09. The molecule has 0 aliphatic heterocycles. The summed E-state index contributed by atoms with van der Waals surface area (Å²) in [7, 11) is 0. The molecule has 0 unspecified atom stereocenters. The number of hydrogen-bond donors (Lipinski definition) is 0. The average Bonchev–Trinajstić information content (AvgIpc) is 3.14. The molecule has 8 aromatic carbocycles. The summed E-state index contributed by atoms with van der Waals surface area (Å²) in [5.41, 5.74) is 4.74. The van der Waals surface area contributed by atoms with Gasteiger partial charge in [0.25, 0.3) is 0 Å². The van der Waals surface area contributed by atoms with Crippen LogP contribution < -0.4 is 9.80 Å². The van der Waals surface area contributed by atoms with Gasteiger partial charge in [0.2, 0.25) is 0 Å². The third-order valence-corrected chi connectivity index (χ3v) is 8.79. The van der Waals surface area contributed by atoms with Gasteiger partial charge in [0.1, 0.15) is 23.8 Å². The summed E-state index contributed by atoms with van der Waals surface area (Å²) in [6, 6.07) is 49.5. The minimum absolute atomic E-state index is 0.0304. The van der Waals surface area contributed by atoms with Crippen LogP contribution >= 0.6 is 0 Å². The summed E-state index contributed by atoms with van der Waals surface area (Å²) >= 11 is 0. The number of anilines is 6. The highest BCUT2D eigenvalue weighted by Gasteiger charge is 2.22. The van der Waals surface area contributed by atoms with Crippen LogP contribution in [0, 0.1) is 34.3 Å². The smallest absolute Gasteiger partial charge is 0.141 e. The van der Waals surface area contributed by atoms with Crippen LogP contribution in [0.25, 0.3) is 32.3 Å². The molecule has 0 aliphatic rings. The molecule has 6 heteroatoms. The van der Waals surface area contributed by atoms with E-state index in [1.54, 1.807) is 24.3 Å². The van der Waals surface area contributed by atoms with Crippen molar-refractivity contribution in [2.45, 2.75) is 0 Å². The fourth-order valence-electron chi connectivity index (χ4n) is 6.64. The molecule has 48 heavy (non-hydrogen) atoms. The van der Waals surface area contributed by atoms with Crippen molar-refractivity contribution in [3.63, 3.8) is 0 Å². The van der Waals surface area contributed by atoms with E-state index in [1.165, 1.54) is 12.1 Å². The quantitative estimate of drug-likeness (QED) is 0.173. The van der Waals surface area contributed by atoms with E-state index in [-0.39, 0.29) is 11.1 Å². The van der Waals surface area contributed by atoms with Gasteiger partial charge in [-0.05, 0) is 94.3 Å². The highest BCUT2D eigenvalue weighted by atomic mass is 19.1. The van der Waals surface area contributed by atoms with Gasteiger partial charge in [0.05, 0.1) is 22.5 Å². The number of nitrogens with zero attached hydrogens (tertiary/aromatic N) is 4. The molecule has 0 bridgehead atoms. The van der Waals surface area contributed by atoms with Gasteiger partial charge in [-0.2, -0.15) is 10.5 Å². The van der Waals surface area contributed by atoms with E-state index in [0.717, 1.165) is 55.1 Å². The fraction of sp³-hybridized carbons (Fsp3) is 0. The van der Waals surface area contributed by atoms with Crippen molar-refractivity contribution in [1.82, 2.24) is 0 Å². The van der Waals surface area contributed by atoms with Gasteiger partial charge >= 0.3 is 0 Å². The SMILES string of the molecule is N#Cc1cc(N(c2ccccc2)c2ccc3ccc4c(N(c5ccccc5)c5ccc(F)c(C#N)c5)ccc5ccc2c3c54)ccc1F. The van der Waals surface area contributed by atoms with Crippen LogP contribution in [0.5, 0.6) is 0 Å². The molecule has 0 aliphatic carbocycles. The molecule has 0 atom stereocenters. The van der Waals surface area contributed by atoms with Crippen LogP contribution in [0.15, 0.2) is 146 Å². The zero-order valence-corrected chi connectivity index (χ0v) is 25.4. The van der Waals surface area contributed by atoms with Gasteiger partial charge in [-0.1, -0.05) is 72.8 Å². The Morgan fingerprint density at radius 3 is 1.21 bits per heavy atom. The van der Waals surface area contributed by atoms with Crippen molar-refractivity contribution < 1.29 is 8.78 Å². The van der Waals surface area contributed by atoms with E-state index < -0.39 is 11.6 Å². The summed E-state index contributed by atoms with van der Waals surface area (Å²) in [5.74, 6) is -1.13. The maximum Gasteiger partial charge on any atom is 0.141 e. The van der Waals surface area contributed by atoms with E-state index >= 15 is 0 Å². The fourth-order valence-corrected chi connectivity index (χ4v) is 6.64. The molecule has 0 N–H and O–H groups in total. The molecule has 0 saturated heterocycles. The molecule has 0 radical (unpaired) electrons. The van der Waals surface area contributed by atoms with Gasteiger partial charge in [0.15, 0.2) is 0 Å². The Morgan fingerprint density at radius 1 is 0.417 bits per heavy atom. The van der Waals surface area contributed by atoms with Crippen molar-refractivity contribution in [3.8, 4) is 12.1 Å². The zero-order chi connectivity index (χ0) is 32.8. The van der Waals surface area contributed by atoms with Crippen molar-refractivity contribution in [2.24, 2.45) is 0 Å². The number of hydrogen-bond acceptors (Lipinski definition) is 4. The van der Waals surface area contributed by atoms with E-state index in [9.17, 15) is 19.3 Å². The topological polar surface area (TPSA) is 54.1 Å². The third-order valence-electron chi connectivity index (χ3n) is 8.79. The monoisotopic (exact) mass is 622 g/mol. The van der Waals surface area contributed by atoms with Gasteiger partial charge in [-0.3, -0.25) is 0 Å². The largest absolute Gasteiger partial charge is 0.310 e. The maximum atomic E-state index is 14.5. The molecule has 0 amide bonds. The van der Waals surface area contributed by atoms with Gasteiger partial charge in [-0.15, -0.1) is 0 Å². The first-order valence-electron chi connectivity index (χ1n) is 15.4. The lowest BCUT2D eigenvalue weighted by Crippen LogP contribution is -2.12. The number of benzene rings is 8.